The van der Waals surface area contributed by atoms with Crippen LogP contribution in [0.4, 0.5) is 0 Å². The van der Waals surface area contributed by atoms with Crippen LogP contribution in [0, 0.1) is 0 Å². The summed E-state index contributed by atoms with van der Waals surface area (Å²) in [6.07, 6.45) is 2.36. The van der Waals surface area contributed by atoms with E-state index < -0.39 is 15.1 Å². The Kier molecular flexibility index (Phi) is 3.51. The molecule has 1 aliphatic rings. The molecule has 0 bridgehead atoms. The Bertz CT molecular complexity index is 470. The molecule has 2 unspecified atom stereocenters. The van der Waals surface area contributed by atoms with Crippen molar-refractivity contribution in [3.05, 3.63) is 10.0 Å². The average Bonchev–Trinajstić information content (AvgIpc) is 2.65. The van der Waals surface area contributed by atoms with Gasteiger partial charge >= 0.3 is 0 Å². The van der Waals surface area contributed by atoms with Crippen LogP contribution in [0.1, 0.15) is 46.8 Å². The van der Waals surface area contributed by atoms with Crippen LogP contribution in [-0.4, -0.2) is 24.4 Å². The summed E-state index contributed by atoms with van der Waals surface area (Å²) in [5.74, 6) is 0.267. The molecule has 0 N–H and O–H groups in total. The number of hydrogen-bond donors (Lipinski definition) is 0. The van der Waals surface area contributed by atoms with Crippen molar-refractivity contribution >= 4 is 32.8 Å². The monoisotopic (exact) mass is 280 g/mol. The second kappa shape index (κ2) is 4.58. The topological polar surface area (TPSA) is 59.9 Å². The van der Waals surface area contributed by atoms with E-state index in [4.69, 9.17) is 11.6 Å². The first-order chi connectivity index (χ1) is 7.50. The third-order valence-corrected chi connectivity index (χ3v) is 6.54. The summed E-state index contributed by atoms with van der Waals surface area (Å²) < 4.78 is 23.7. The fourth-order valence-corrected chi connectivity index (χ4v) is 5.09. The SMILES string of the molecule is CC(Cl)c1nnc(C2CCCCS2(=O)=O)s1. The molecule has 2 heterocycles. The molecule has 0 spiro atoms. The van der Waals surface area contributed by atoms with Gasteiger partial charge in [-0.2, -0.15) is 0 Å². The molecule has 0 radical (unpaired) electrons. The van der Waals surface area contributed by atoms with Crippen LogP contribution in [-0.2, 0) is 9.84 Å². The standard InChI is InChI=1S/C9H13ClN2O2S2/c1-6(10)8-11-12-9(15-8)7-4-2-3-5-16(7,13)14/h6-7H,2-5H2,1H3. The minimum Gasteiger partial charge on any atom is -0.228 e. The van der Waals surface area contributed by atoms with Crippen molar-refractivity contribution in [2.75, 3.05) is 5.75 Å². The van der Waals surface area contributed by atoms with Gasteiger partial charge in [-0.3, -0.25) is 0 Å². The van der Waals surface area contributed by atoms with E-state index in [1.807, 2.05) is 0 Å². The van der Waals surface area contributed by atoms with Crippen LogP contribution in [0.2, 0.25) is 0 Å². The Labute approximate surface area is 104 Å². The van der Waals surface area contributed by atoms with E-state index in [-0.39, 0.29) is 11.1 Å². The van der Waals surface area contributed by atoms with E-state index in [1.165, 1.54) is 11.3 Å². The van der Waals surface area contributed by atoms with Gasteiger partial charge in [0.1, 0.15) is 15.3 Å². The van der Waals surface area contributed by atoms with Gasteiger partial charge < -0.3 is 0 Å². The van der Waals surface area contributed by atoms with Crippen molar-refractivity contribution in [1.82, 2.24) is 10.2 Å². The predicted octanol–water partition coefficient (Wildman–Crippen LogP) is 2.48. The highest BCUT2D eigenvalue weighted by molar-refractivity contribution is 7.91. The zero-order valence-corrected chi connectivity index (χ0v) is 11.3. The first kappa shape index (κ1) is 12.3. The molecule has 1 saturated heterocycles. The zero-order valence-electron chi connectivity index (χ0n) is 8.89. The summed E-state index contributed by atoms with van der Waals surface area (Å²) in [6, 6.07) is 0. The van der Waals surface area contributed by atoms with Gasteiger partial charge in [0, 0.05) is 0 Å². The molecule has 2 atom stereocenters. The molecule has 0 aromatic carbocycles. The fraction of sp³-hybridized carbons (Fsp3) is 0.778. The second-order valence-corrected chi connectivity index (χ2v) is 7.94. The average molecular weight is 281 g/mol. The maximum absolute atomic E-state index is 11.9. The Morgan fingerprint density at radius 1 is 1.44 bits per heavy atom. The largest absolute Gasteiger partial charge is 0.228 e. The number of alkyl halides is 1. The number of aromatic nitrogens is 2. The van der Waals surface area contributed by atoms with Crippen molar-refractivity contribution in [3.8, 4) is 0 Å². The number of sulfone groups is 1. The van der Waals surface area contributed by atoms with Crippen molar-refractivity contribution in [3.63, 3.8) is 0 Å². The van der Waals surface area contributed by atoms with Gasteiger partial charge in [-0.25, -0.2) is 8.42 Å². The Hall–Kier alpha value is -0.200. The van der Waals surface area contributed by atoms with Crippen LogP contribution in [0.15, 0.2) is 0 Å². The lowest BCUT2D eigenvalue weighted by atomic mass is 10.2. The molecule has 4 nitrogen and oxygen atoms in total. The van der Waals surface area contributed by atoms with E-state index in [0.717, 1.165) is 12.8 Å². The van der Waals surface area contributed by atoms with Gasteiger partial charge in [0.15, 0.2) is 9.84 Å². The molecule has 1 aliphatic heterocycles. The maximum Gasteiger partial charge on any atom is 0.159 e. The lowest BCUT2D eigenvalue weighted by Crippen LogP contribution is -2.21. The first-order valence-corrected chi connectivity index (χ1v) is 8.16. The molecule has 90 valence electrons. The molecular formula is C9H13ClN2O2S2. The number of nitrogens with zero attached hydrogens (tertiary/aromatic N) is 2. The quantitative estimate of drug-likeness (QED) is 0.781. The van der Waals surface area contributed by atoms with E-state index in [2.05, 4.69) is 10.2 Å². The van der Waals surface area contributed by atoms with Crippen LogP contribution >= 0.6 is 22.9 Å². The Morgan fingerprint density at radius 2 is 2.19 bits per heavy atom. The predicted molar refractivity (Wildman–Crippen MR) is 64.6 cm³/mol. The van der Waals surface area contributed by atoms with Crippen molar-refractivity contribution in [1.29, 1.82) is 0 Å². The van der Waals surface area contributed by atoms with Gasteiger partial charge in [-0.05, 0) is 19.8 Å². The van der Waals surface area contributed by atoms with Gasteiger partial charge in [0.25, 0.3) is 0 Å². The molecule has 2 rings (SSSR count). The summed E-state index contributed by atoms with van der Waals surface area (Å²) in [6.45, 7) is 1.81. The van der Waals surface area contributed by atoms with E-state index >= 15 is 0 Å². The van der Waals surface area contributed by atoms with Gasteiger partial charge in [-0.1, -0.05) is 17.8 Å². The molecule has 1 aromatic heterocycles. The van der Waals surface area contributed by atoms with Gasteiger partial charge in [0.2, 0.25) is 0 Å². The highest BCUT2D eigenvalue weighted by atomic mass is 35.5. The minimum atomic E-state index is -3.02. The first-order valence-electron chi connectivity index (χ1n) is 5.19. The number of halogens is 1. The molecule has 0 amide bonds. The fourth-order valence-electron chi connectivity index (χ4n) is 1.77. The smallest absolute Gasteiger partial charge is 0.159 e. The minimum absolute atomic E-state index is 0.211. The molecule has 0 aliphatic carbocycles. The Morgan fingerprint density at radius 3 is 2.75 bits per heavy atom. The summed E-state index contributed by atoms with van der Waals surface area (Å²) in [5, 5.41) is 8.52. The lowest BCUT2D eigenvalue weighted by Gasteiger charge is -2.19. The third-order valence-electron chi connectivity index (χ3n) is 2.65. The lowest BCUT2D eigenvalue weighted by molar-refractivity contribution is 0.544. The van der Waals surface area contributed by atoms with Crippen LogP contribution < -0.4 is 0 Å². The summed E-state index contributed by atoms with van der Waals surface area (Å²) in [5.41, 5.74) is 0. The Balaban J connectivity index is 2.29. The van der Waals surface area contributed by atoms with Gasteiger partial charge in [0.05, 0.1) is 11.1 Å². The van der Waals surface area contributed by atoms with Crippen molar-refractivity contribution < 1.29 is 8.42 Å². The zero-order chi connectivity index (χ0) is 11.8. The number of rotatable bonds is 2. The van der Waals surface area contributed by atoms with E-state index in [9.17, 15) is 8.42 Å². The molecule has 1 fully saturated rings. The van der Waals surface area contributed by atoms with Crippen molar-refractivity contribution in [2.24, 2.45) is 0 Å². The maximum atomic E-state index is 11.9. The summed E-state index contributed by atoms with van der Waals surface area (Å²) in [7, 11) is -3.02. The van der Waals surface area contributed by atoms with Gasteiger partial charge in [-0.15, -0.1) is 21.8 Å². The highest BCUT2D eigenvalue weighted by Crippen LogP contribution is 2.36. The summed E-state index contributed by atoms with van der Waals surface area (Å²) in [4.78, 5) is 0. The third kappa shape index (κ3) is 2.38. The molecule has 1 aromatic rings. The summed E-state index contributed by atoms with van der Waals surface area (Å²) >= 11 is 7.20. The van der Waals surface area contributed by atoms with E-state index in [1.54, 1.807) is 6.92 Å². The molecule has 7 heteroatoms. The van der Waals surface area contributed by atoms with Crippen LogP contribution in [0.5, 0.6) is 0 Å². The second-order valence-electron chi connectivity index (χ2n) is 3.95. The van der Waals surface area contributed by atoms with Crippen LogP contribution in [0.25, 0.3) is 0 Å². The van der Waals surface area contributed by atoms with E-state index in [0.29, 0.717) is 16.4 Å². The molecule has 0 saturated carbocycles. The molecule has 16 heavy (non-hydrogen) atoms. The van der Waals surface area contributed by atoms with Crippen LogP contribution in [0.3, 0.4) is 0 Å². The normalized spacial score (nSPS) is 26.5. The van der Waals surface area contributed by atoms with Crippen molar-refractivity contribution in [2.45, 2.75) is 36.8 Å². The molecular weight excluding hydrogens is 268 g/mol. The number of hydrogen-bond acceptors (Lipinski definition) is 5. The highest BCUT2D eigenvalue weighted by Gasteiger charge is 2.33.